The highest BCUT2D eigenvalue weighted by Gasteiger charge is 2.37. The van der Waals surface area contributed by atoms with Crippen LogP contribution in [0.15, 0.2) is 0 Å². The smallest absolute Gasteiger partial charge is 0.0734 e. The number of aliphatic hydroxyl groups is 1. The number of nitrogens with zero attached hydrogens (tertiary/aromatic N) is 2. The molecule has 3 heterocycles. The van der Waals surface area contributed by atoms with Crippen LogP contribution in [0.4, 0.5) is 0 Å². The van der Waals surface area contributed by atoms with Gasteiger partial charge in [-0.3, -0.25) is 9.80 Å². The number of fused-ring (bicyclic) bond motifs is 3. The van der Waals surface area contributed by atoms with Gasteiger partial charge in [-0.2, -0.15) is 0 Å². The molecular weight excluding hydrogens is 204 g/mol. The summed E-state index contributed by atoms with van der Waals surface area (Å²) in [5, 5.41) is 10.4. The topological polar surface area (TPSA) is 35.9 Å². The Labute approximate surface area is 98.2 Å². The maximum absolute atomic E-state index is 10.4. The number of aliphatic hydroxyl groups excluding tert-OH is 1. The van der Waals surface area contributed by atoms with Gasteiger partial charge in [0, 0.05) is 52.5 Å². The molecule has 3 atom stereocenters. The van der Waals surface area contributed by atoms with Gasteiger partial charge in [0.1, 0.15) is 0 Å². The van der Waals surface area contributed by atoms with Crippen LogP contribution in [-0.2, 0) is 4.74 Å². The van der Waals surface area contributed by atoms with Crippen LogP contribution in [0, 0.1) is 5.92 Å². The van der Waals surface area contributed by atoms with Crippen LogP contribution in [0.5, 0.6) is 0 Å². The first kappa shape index (κ1) is 12.3. The van der Waals surface area contributed by atoms with Gasteiger partial charge in [0.05, 0.1) is 6.10 Å². The third-order valence-corrected chi connectivity index (χ3v) is 4.08. The van der Waals surface area contributed by atoms with Crippen molar-refractivity contribution in [2.45, 2.75) is 25.5 Å². The number of rotatable bonds is 5. The van der Waals surface area contributed by atoms with E-state index < -0.39 is 0 Å². The van der Waals surface area contributed by atoms with Crippen molar-refractivity contribution >= 4 is 0 Å². The minimum atomic E-state index is -0.210. The summed E-state index contributed by atoms with van der Waals surface area (Å²) >= 11 is 0. The Morgan fingerprint density at radius 3 is 2.50 bits per heavy atom. The maximum atomic E-state index is 10.4. The zero-order valence-electron chi connectivity index (χ0n) is 10.4. The summed E-state index contributed by atoms with van der Waals surface area (Å²) in [6.07, 6.45) is 0.736. The minimum Gasteiger partial charge on any atom is -0.391 e. The van der Waals surface area contributed by atoms with Crippen LogP contribution >= 0.6 is 0 Å². The molecule has 3 fully saturated rings. The second kappa shape index (κ2) is 5.45. The van der Waals surface area contributed by atoms with Crippen molar-refractivity contribution in [3.05, 3.63) is 0 Å². The second-order valence-corrected chi connectivity index (χ2v) is 5.15. The van der Waals surface area contributed by atoms with Crippen LogP contribution in [0.2, 0.25) is 0 Å². The summed E-state index contributed by atoms with van der Waals surface area (Å²) in [5.74, 6) is 0.325. The van der Waals surface area contributed by atoms with Gasteiger partial charge in [0.15, 0.2) is 0 Å². The van der Waals surface area contributed by atoms with Gasteiger partial charge < -0.3 is 9.84 Å². The molecule has 3 aliphatic rings. The Morgan fingerprint density at radius 1 is 1.31 bits per heavy atom. The number of methoxy groups -OCH3 is 1. The van der Waals surface area contributed by atoms with Crippen LogP contribution in [-0.4, -0.2) is 73.5 Å². The van der Waals surface area contributed by atoms with E-state index >= 15 is 0 Å². The molecule has 0 aromatic rings. The van der Waals surface area contributed by atoms with Crippen molar-refractivity contribution in [3.63, 3.8) is 0 Å². The summed E-state index contributed by atoms with van der Waals surface area (Å²) in [6.45, 7) is 8.51. The Hall–Kier alpha value is -0.160. The van der Waals surface area contributed by atoms with E-state index in [1.807, 2.05) is 0 Å². The average Bonchev–Trinajstić information content (AvgIpc) is 2.36. The van der Waals surface area contributed by atoms with Crippen molar-refractivity contribution in [2.75, 3.05) is 46.4 Å². The number of hydrogen-bond acceptors (Lipinski definition) is 4. The predicted octanol–water partition coefficient (Wildman–Crippen LogP) is 0.0197. The lowest BCUT2D eigenvalue weighted by molar-refractivity contribution is -0.0655. The van der Waals surface area contributed by atoms with Crippen LogP contribution in [0.25, 0.3) is 0 Å². The molecule has 0 aromatic heterocycles. The Morgan fingerprint density at radius 2 is 2.00 bits per heavy atom. The molecule has 0 radical (unpaired) electrons. The highest BCUT2D eigenvalue weighted by Crippen LogP contribution is 2.23. The van der Waals surface area contributed by atoms with E-state index in [-0.39, 0.29) is 6.10 Å². The second-order valence-electron chi connectivity index (χ2n) is 5.15. The molecular formula is C12H24N2O2. The van der Waals surface area contributed by atoms with E-state index in [0.29, 0.717) is 12.0 Å². The fourth-order valence-electron chi connectivity index (χ4n) is 2.84. The molecule has 3 rings (SSSR count). The molecule has 0 aliphatic carbocycles. The molecule has 4 nitrogen and oxygen atoms in total. The van der Waals surface area contributed by atoms with E-state index in [9.17, 15) is 5.11 Å². The Balaban J connectivity index is 1.86. The van der Waals surface area contributed by atoms with E-state index in [2.05, 4.69) is 16.7 Å². The first-order valence-corrected chi connectivity index (χ1v) is 6.35. The number of piperazine rings is 3. The molecule has 1 N–H and O–H groups in total. The molecule has 3 saturated heterocycles. The van der Waals surface area contributed by atoms with Gasteiger partial charge in [-0.25, -0.2) is 0 Å². The molecule has 4 heteroatoms. The van der Waals surface area contributed by atoms with E-state index in [1.54, 1.807) is 7.11 Å². The van der Waals surface area contributed by atoms with Gasteiger partial charge in [0.2, 0.25) is 0 Å². The third-order valence-electron chi connectivity index (χ3n) is 4.08. The van der Waals surface area contributed by atoms with Crippen LogP contribution < -0.4 is 0 Å². The van der Waals surface area contributed by atoms with Gasteiger partial charge >= 0.3 is 0 Å². The van der Waals surface area contributed by atoms with E-state index in [1.165, 1.54) is 13.1 Å². The molecule has 94 valence electrons. The SMILES string of the molecule is COCCC(C)C(O)C1CN2CCN1CC2. The standard InChI is InChI=1S/C12H24N2O2/c1-10(3-8-16-2)12(15)11-9-13-4-6-14(11)7-5-13/h10-12,15H,3-9H2,1-2H3. The van der Waals surface area contributed by atoms with Gasteiger partial charge in [-0.05, 0) is 12.3 Å². The molecule has 2 bridgehead atoms. The third kappa shape index (κ3) is 2.56. The molecule has 3 unspecified atom stereocenters. The largest absolute Gasteiger partial charge is 0.391 e. The van der Waals surface area contributed by atoms with E-state index in [4.69, 9.17) is 4.74 Å². The van der Waals surface area contributed by atoms with Crippen molar-refractivity contribution < 1.29 is 9.84 Å². The number of ether oxygens (including phenoxy) is 1. The lowest BCUT2D eigenvalue weighted by Crippen LogP contribution is -2.65. The maximum Gasteiger partial charge on any atom is 0.0734 e. The highest BCUT2D eigenvalue weighted by molar-refractivity contribution is 4.93. The summed E-state index contributed by atoms with van der Waals surface area (Å²) in [6, 6.07) is 0.342. The molecule has 0 amide bonds. The first-order valence-electron chi connectivity index (χ1n) is 6.35. The van der Waals surface area contributed by atoms with Gasteiger partial charge in [-0.15, -0.1) is 0 Å². The fraction of sp³-hybridized carbons (Fsp3) is 1.00. The quantitative estimate of drug-likeness (QED) is 0.719. The minimum absolute atomic E-state index is 0.210. The van der Waals surface area contributed by atoms with Crippen molar-refractivity contribution in [2.24, 2.45) is 5.92 Å². The zero-order chi connectivity index (χ0) is 11.5. The summed E-state index contributed by atoms with van der Waals surface area (Å²) in [4.78, 5) is 4.92. The molecule has 0 spiro atoms. The van der Waals surface area contributed by atoms with Crippen molar-refractivity contribution in [3.8, 4) is 0 Å². The van der Waals surface area contributed by atoms with Gasteiger partial charge in [-0.1, -0.05) is 6.92 Å². The van der Waals surface area contributed by atoms with Crippen LogP contribution in [0.3, 0.4) is 0 Å². The summed E-state index contributed by atoms with van der Waals surface area (Å²) in [7, 11) is 1.72. The summed E-state index contributed by atoms with van der Waals surface area (Å²) < 4.78 is 5.08. The predicted molar refractivity (Wildman–Crippen MR) is 63.5 cm³/mol. The average molecular weight is 228 g/mol. The van der Waals surface area contributed by atoms with E-state index in [0.717, 1.165) is 32.7 Å². The zero-order valence-corrected chi connectivity index (χ0v) is 10.4. The van der Waals surface area contributed by atoms with Gasteiger partial charge in [0.25, 0.3) is 0 Å². The fourth-order valence-corrected chi connectivity index (χ4v) is 2.84. The monoisotopic (exact) mass is 228 g/mol. The van der Waals surface area contributed by atoms with Crippen LogP contribution in [0.1, 0.15) is 13.3 Å². The normalized spacial score (nSPS) is 37.3. The first-order chi connectivity index (χ1) is 7.72. The highest BCUT2D eigenvalue weighted by atomic mass is 16.5. The Bertz CT molecular complexity index is 217. The Kier molecular flexibility index (Phi) is 4.19. The molecule has 0 saturated carbocycles. The van der Waals surface area contributed by atoms with Crippen molar-refractivity contribution in [1.82, 2.24) is 9.80 Å². The van der Waals surface area contributed by atoms with Crippen molar-refractivity contribution in [1.29, 1.82) is 0 Å². The molecule has 16 heavy (non-hydrogen) atoms. The lowest BCUT2D eigenvalue weighted by atomic mass is 9.91. The summed E-state index contributed by atoms with van der Waals surface area (Å²) in [5.41, 5.74) is 0. The lowest BCUT2D eigenvalue weighted by Gasteiger charge is -2.50. The molecule has 3 aliphatic heterocycles. The number of hydrogen-bond donors (Lipinski definition) is 1. The molecule has 0 aromatic carbocycles.